The SMILES string of the molecule is CCOc1c(Br)cc(C(=O)Nc2cccc(SC)c2)cc1OC. The molecule has 0 spiro atoms. The fraction of sp³-hybridized carbons (Fsp3) is 0.235. The van der Waals surface area contributed by atoms with E-state index in [0.717, 1.165) is 10.6 Å². The zero-order valence-corrected chi connectivity index (χ0v) is 15.6. The van der Waals surface area contributed by atoms with Crippen molar-refractivity contribution >= 4 is 39.3 Å². The van der Waals surface area contributed by atoms with Crippen LogP contribution in [0.1, 0.15) is 17.3 Å². The highest BCUT2D eigenvalue weighted by Crippen LogP contribution is 2.36. The summed E-state index contributed by atoms with van der Waals surface area (Å²) in [6.45, 7) is 2.41. The molecular formula is C17H18BrNO3S. The topological polar surface area (TPSA) is 47.6 Å². The highest BCUT2D eigenvalue weighted by molar-refractivity contribution is 9.10. The van der Waals surface area contributed by atoms with Gasteiger partial charge in [0.05, 0.1) is 18.2 Å². The van der Waals surface area contributed by atoms with Crippen LogP contribution in [0.2, 0.25) is 0 Å². The summed E-state index contributed by atoms with van der Waals surface area (Å²) in [6, 6.07) is 11.1. The summed E-state index contributed by atoms with van der Waals surface area (Å²) in [5.74, 6) is 0.908. The lowest BCUT2D eigenvalue weighted by molar-refractivity contribution is 0.102. The van der Waals surface area contributed by atoms with Crippen molar-refractivity contribution in [3.05, 3.63) is 46.4 Å². The normalized spacial score (nSPS) is 10.3. The molecule has 0 radical (unpaired) electrons. The number of amides is 1. The number of anilines is 1. The fourth-order valence-corrected chi connectivity index (χ4v) is 3.06. The van der Waals surface area contributed by atoms with Crippen molar-refractivity contribution in [2.24, 2.45) is 0 Å². The summed E-state index contributed by atoms with van der Waals surface area (Å²) >= 11 is 5.05. The van der Waals surface area contributed by atoms with Crippen molar-refractivity contribution in [3.63, 3.8) is 0 Å². The first-order valence-electron chi connectivity index (χ1n) is 7.04. The Bertz CT molecular complexity index is 706. The lowest BCUT2D eigenvalue weighted by atomic mass is 10.2. The Morgan fingerprint density at radius 3 is 2.74 bits per heavy atom. The van der Waals surface area contributed by atoms with Crippen molar-refractivity contribution in [1.82, 2.24) is 0 Å². The Kier molecular flexibility index (Phi) is 6.36. The van der Waals surface area contributed by atoms with Crippen molar-refractivity contribution in [2.45, 2.75) is 11.8 Å². The van der Waals surface area contributed by atoms with Crippen LogP contribution in [0.25, 0.3) is 0 Å². The van der Waals surface area contributed by atoms with Crippen LogP contribution in [-0.4, -0.2) is 25.9 Å². The molecule has 0 aliphatic carbocycles. The highest BCUT2D eigenvalue weighted by Gasteiger charge is 2.15. The minimum absolute atomic E-state index is 0.203. The first-order valence-corrected chi connectivity index (χ1v) is 9.06. The third kappa shape index (κ3) is 4.42. The van der Waals surface area contributed by atoms with Gasteiger partial charge in [-0.3, -0.25) is 4.79 Å². The minimum atomic E-state index is -0.203. The van der Waals surface area contributed by atoms with Crippen LogP contribution < -0.4 is 14.8 Å². The van der Waals surface area contributed by atoms with Crippen LogP contribution in [0.5, 0.6) is 11.5 Å². The second kappa shape index (κ2) is 8.26. The van der Waals surface area contributed by atoms with Crippen molar-refractivity contribution in [2.75, 3.05) is 25.3 Å². The molecule has 2 aromatic rings. The van der Waals surface area contributed by atoms with E-state index in [4.69, 9.17) is 9.47 Å². The number of benzene rings is 2. The standard InChI is InChI=1S/C17H18BrNO3S/c1-4-22-16-14(18)8-11(9-15(16)21-2)17(20)19-12-6-5-7-13(10-12)23-3/h5-10H,4H2,1-3H3,(H,19,20). The fourth-order valence-electron chi connectivity index (χ4n) is 2.04. The first kappa shape index (κ1) is 17.7. The third-order valence-corrected chi connectivity index (χ3v) is 4.42. The lowest BCUT2D eigenvalue weighted by Crippen LogP contribution is -2.12. The Morgan fingerprint density at radius 2 is 2.09 bits per heavy atom. The molecule has 1 N–H and O–H groups in total. The first-order chi connectivity index (χ1) is 11.1. The maximum atomic E-state index is 12.5. The van der Waals surface area contributed by atoms with Gasteiger partial charge in [-0.1, -0.05) is 6.07 Å². The molecule has 0 saturated heterocycles. The summed E-state index contributed by atoms with van der Waals surface area (Å²) in [5, 5.41) is 2.89. The molecule has 0 aromatic heterocycles. The zero-order valence-electron chi connectivity index (χ0n) is 13.2. The summed E-state index contributed by atoms with van der Waals surface area (Å²) < 4.78 is 11.5. The largest absolute Gasteiger partial charge is 0.493 e. The predicted molar refractivity (Wildman–Crippen MR) is 98.0 cm³/mol. The number of carbonyl (C=O) groups is 1. The number of ether oxygens (including phenoxy) is 2. The van der Waals surface area contributed by atoms with Crippen LogP contribution in [0.3, 0.4) is 0 Å². The molecule has 122 valence electrons. The van der Waals surface area contributed by atoms with Crippen LogP contribution in [0.15, 0.2) is 45.8 Å². The molecular weight excluding hydrogens is 378 g/mol. The van der Waals surface area contributed by atoms with Crippen LogP contribution in [0.4, 0.5) is 5.69 Å². The van der Waals surface area contributed by atoms with E-state index in [-0.39, 0.29) is 5.91 Å². The highest BCUT2D eigenvalue weighted by atomic mass is 79.9. The van der Waals surface area contributed by atoms with E-state index in [1.54, 1.807) is 31.0 Å². The average molecular weight is 396 g/mol. The quantitative estimate of drug-likeness (QED) is 0.711. The van der Waals surface area contributed by atoms with E-state index < -0.39 is 0 Å². The van der Waals surface area contributed by atoms with Crippen molar-refractivity contribution in [1.29, 1.82) is 0 Å². The minimum Gasteiger partial charge on any atom is -0.493 e. The number of halogens is 1. The van der Waals surface area contributed by atoms with Gasteiger partial charge in [0.2, 0.25) is 0 Å². The second-order valence-corrected chi connectivity index (χ2v) is 6.34. The molecule has 0 fully saturated rings. The molecule has 2 aromatic carbocycles. The number of carbonyl (C=O) groups excluding carboxylic acids is 1. The molecule has 0 heterocycles. The number of thioether (sulfide) groups is 1. The molecule has 4 nitrogen and oxygen atoms in total. The predicted octanol–water partition coefficient (Wildman–Crippen LogP) is 4.83. The molecule has 6 heteroatoms. The van der Waals surface area contributed by atoms with Gasteiger partial charge in [-0.05, 0) is 59.4 Å². The van der Waals surface area contributed by atoms with E-state index in [2.05, 4.69) is 21.2 Å². The number of hydrogen-bond donors (Lipinski definition) is 1. The molecule has 0 bridgehead atoms. The van der Waals surface area contributed by atoms with Crippen LogP contribution >= 0.6 is 27.7 Å². The molecule has 0 aliphatic rings. The number of methoxy groups -OCH3 is 1. The van der Waals surface area contributed by atoms with Crippen LogP contribution in [0, 0.1) is 0 Å². The van der Waals surface area contributed by atoms with E-state index in [1.165, 1.54) is 0 Å². The van der Waals surface area contributed by atoms with Gasteiger partial charge in [-0.25, -0.2) is 0 Å². The van der Waals surface area contributed by atoms with E-state index in [0.29, 0.717) is 28.1 Å². The van der Waals surface area contributed by atoms with Gasteiger partial charge < -0.3 is 14.8 Å². The molecule has 2 rings (SSSR count). The van der Waals surface area contributed by atoms with E-state index >= 15 is 0 Å². The van der Waals surface area contributed by atoms with Gasteiger partial charge >= 0.3 is 0 Å². The molecule has 23 heavy (non-hydrogen) atoms. The molecule has 0 atom stereocenters. The summed E-state index contributed by atoms with van der Waals surface area (Å²) in [4.78, 5) is 13.6. The zero-order chi connectivity index (χ0) is 16.8. The van der Waals surface area contributed by atoms with E-state index in [1.807, 2.05) is 37.4 Å². The number of nitrogens with one attached hydrogen (secondary N) is 1. The lowest BCUT2D eigenvalue weighted by Gasteiger charge is -2.13. The monoisotopic (exact) mass is 395 g/mol. The molecule has 1 amide bonds. The number of hydrogen-bond acceptors (Lipinski definition) is 4. The molecule has 0 aliphatic heterocycles. The Hall–Kier alpha value is -1.66. The van der Waals surface area contributed by atoms with Gasteiger partial charge in [-0.15, -0.1) is 11.8 Å². The van der Waals surface area contributed by atoms with Crippen LogP contribution in [-0.2, 0) is 0 Å². The average Bonchev–Trinajstić information content (AvgIpc) is 2.56. The van der Waals surface area contributed by atoms with Gasteiger partial charge in [-0.2, -0.15) is 0 Å². The molecule has 0 unspecified atom stereocenters. The summed E-state index contributed by atoms with van der Waals surface area (Å²) in [5.41, 5.74) is 1.25. The Balaban J connectivity index is 2.26. The van der Waals surface area contributed by atoms with E-state index in [9.17, 15) is 4.79 Å². The van der Waals surface area contributed by atoms with Crippen molar-refractivity contribution < 1.29 is 14.3 Å². The van der Waals surface area contributed by atoms with Crippen molar-refractivity contribution in [3.8, 4) is 11.5 Å². The Labute approximate surface area is 148 Å². The summed E-state index contributed by atoms with van der Waals surface area (Å²) in [6.07, 6.45) is 2.00. The second-order valence-electron chi connectivity index (χ2n) is 4.61. The van der Waals surface area contributed by atoms with Gasteiger partial charge in [0, 0.05) is 16.1 Å². The van der Waals surface area contributed by atoms with Gasteiger partial charge in [0.25, 0.3) is 5.91 Å². The Morgan fingerprint density at radius 1 is 1.30 bits per heavy atom. The maximum Gasteiger partial charge on any atom is 0.255 e. The third-order valence-electron chi connectivity index (χ3n) is 3.11. The summed E-state index contributed by atoms with van der Waals surface area (Å²) in [7, 11) is 1.55. The molecule has 0 saturated carbocycles. The smallest absolute Gasteiger partial charge is 0.255 e. The van der Waals surface area contributed by atoms with Gasteiger partial charge in [0.15, 0.2) is 11.5 Å². The maximum absolute atomic E-state index is 12.5. The number of rotatable bonds is 6. The van der Waals surface area contributed by atoms with Gasteiger partial charge in [0.1, 0.15) is 0 Å².